The summed E-state index contributed by atoms with van der Waals surface area (Å²) in [6.45, 7) is 1.45. The lowest BCUT2D eigenvalue weighted by atomic mass is 10.4. The van der Waals surface area contributed by atoms with Crippen LogP contribution < -0.4 is 0 Å². The molecule has 0 radical (unpaired) electrons. The van der Waals surface area contributed by atoms with Crippen molar-refractivity contribution in [1.29, 1.82) is 0 Å². The molecule has 0 atom stereocenters. The van der Waals surface area contributed by atoms with E-state index in [2.05, 4.69) is 4.99 Å². The summed E-state index contributed by atoms with van der Waals surface area (Å²) in [7, 11) is 1.45. The molecule has 3 heteroatoms. The summed E-state index contributed by atoms with van der Waals surface area (Å²) in [5.41, 5.74) is 0.139. The molecule has 0 aliphatic carbocycles. The number of carboxylic acid groups (broad SMARTS) is 1. The molecule has 3 nitrogen and oxygen atoms in total. The highest BCUT2D eigenvalue weighted by Crippen LogP contribution is 1.70. The molecule has 40 valence electrons. The summed E-state index contributed by atoms with van der Waals surface area (Å²) in [5, 5.41) is 8.05. The lowest BCUT2D eigenvalue weighted by Crippen LogP contribution is -2.06. The number of aliphatic imine (C=N–C) groups is 1. The minimum Gasteiger partial charge on any atom is -0.477 e. The van der Waals surface area contributed by atoms with Crippen LogP contribution in [0.25, 0.3) is 0 Å². The molecule has 7 heavy (non-hydrogen) atoms. The van der Waals surface area contributed by atoms with E-state index in [1.807, 2.05) is 0 Å². The molecule has 0 aromatic rings. The molecule has 0 heterocycles. The van der Waals surface area contributed by atoms with Gasteiger partial charge >= 0.3 is 5.97 Å². The molecule has 0 fully saturated rings. The van der Waals surface area contributed by atoms with Crippen molar-refractivity contribution in [1.82, 2.24) is 0 Å². The van der Waals surface area contributed by atoms with Crippen LogP contribution in [0, 0.1) is 0 Å². The van der Waals surface area contributed by atoms with Crippen LogP contribution in [-0.2, 0) is 4.79 Å². The number of carbonyl (C=O) groups is 1. The first kappa shape index (κ1) is 6.14. The Balaban J connectivity index is 3.82. The molecule has 0 spiro atoms. The third-order valence-electron chi connectivity index (χ3n) is 0.645. The fourth-order valence-electron chi connectivity index (χ4n) is 0.0956. The molecule has 0 saturated carbocycles. The van der Waals surface area contributed by atoms with E-state index in [1.54, 1.807) is 0 Å². The predicted molar refractivity (Wildman–Crippen MR) is 26.7 cm³/mol. The minimum absolute atomic E-state index is 0.139. The van der Waals surface area contributed by atoms with Crippen LogP contribution in [0.3, 0.4) is 0 Å². The van der Waals surface area contributed by atoms with Crippen molar-refractivity contribution in [3.8, 4) is 0 Å². The van der Waals surface area contributed by atoms with Crippen LogP contribution in [0.5, 0.6) is 0 Å². The number of hydrogen-bond donors (Lipinski definition) is 1. The highest BCUT2D eigenvalue weighted by molar-refractivity contribution is 6.34. The van der Waals surface area contributed by atoms with E-state index in [9.17, 15) is 4.79 Å². The van der Waals surface area contributed by atoms with E-state index in [0.717, 1.165) is 0 Å². The second kappa shape index (κ2) is 2.34. The van der Waals surface area contributed by atoms with Gasteiger partial charge in [0.2, 0.25) is 0 Å². The molecule has 0 aromatic carbocycles. The maximum Gasteiger partial charge on any atom is 0.349 e. The topological polar surface area (TPSA) is 49.7 Å². The summed E-state index contributed by atoms with van der Waals surface area (Å²) >= 11 is 0. The summed E-state index contributed by atoms with van der Waals surface area (Å²) < 4.78 is 0. The monoisotopic (exact) mass is 101 g/mol. The minimum atomic E-state index is -0.956. The van der Waals surface area contributed by atoms with Crippen LogP contribution in [0.1, 0.15) is 6.92 Å². The van der Waals surface area contributed by atoms with Crippen LogP contribution in [0.4, 0.5) is 0 Å². The lowest BCUT2D eigenvalue weighted by Gasteiger charge is -1.83. The summed E-state index contributed by atoms with van der Waals surface area (Å²) in [6, 6.07) is 0. The normalized spacial score (nSPS) is 11.4. The summed E-state index contributed by atoms with van der Waals surface area (Å²) in [4.78, 5) is 13.2. The maximum atomic E-state index is 9.80. The molecule has 0 amide bonds. The van der Waals surface area contributed by atoms with Crippen molar-refractivity contribution >= 4 is 11.7 Å². The smallest absolute Gasteiger partial charge is 0.349 e. The van der Waals surface area contributed by atoms with E-state index in [1.165, 1.54) is 14.0 Å². The SMILES string of the molecule is C/N=C(/C)C(=O)O. The van der Waals surface area contributed by atoms with Crippen molar-refractivity contribution < 1.29 is 9.90 Å². The number of hydrogen-bond acceptors (Lipinski definition) is 2. The molecule has 1 N–H and O–H groups in total. The van der Waals surface area contributed by atoms with Gasteiger partial charge in [-0.25, -0.2) is 4.79 Å². The summed E-state index contributed by atoms with van der Waals surface area (Å²) in [6.07, 6.45) is 0. The summed E-state index contributed by atoms with van der Waals surface area (Å²) in [5.74, 6) is -0.956. The average Bonchev–Trinajstić information content (AvgIpc) is 1.65. The van der Waals surface area contributed by atoms with Crippen molar-refractivity contribution in [3.05, 3.63) is 0 Å². The predicted octanol–water partition coefficient (Wildman–Crippen LogP) is 0.162. The van der Waals surface area contributed by atoms with E-state index < -0.39 is 5.97 Å². The van der Waals surface area contributed by atoms with Gasteiger partial charge in [-0.3, -0.25) is 4.99 Å². The Labute approximate surface area is 41.7 Å². The van der Waals surface area contributed by atoms with Gasteiger partial charge in [-0.2, -0.15) is 0 Å². The highest BCUT2D eigenvalue weighted by Gasteiger charge is 1.95. The Bertz CT molecular complexity index is 106. The third kappa shape index (κ3) is 1.92. The van der Waals surface area contributed by atoms with E-state index >= 15 is 0 Å². The van der Waals surface area contributed by atoms with Gasteiger partial charge in [0.15, 0.2) is 0 Å². The van der Waals surface area contributed by atoms with E-state index in [0.29, 0.717) is 0 Å². The first-order valence-electron chi connectivity index (χ1n) is 1.85. The van der Waals surface area contributed by atoms with Crippen molar-refractivity contribution in [3.63, 3.8) is 0 Å². The second-order valence-electron chi connectivity index (χ2n) is 1.11. The zero-order chi connectivity index (χ0) is 5.86. The molecular formula is C4H7NO2. The third-order valence-corrected chi connectivity index (χ3v) is 0.645. The molecular weight excluding hydrogens is 94.0 g/mol. The molecule has 0 saturated heterocycles. The van der Waals surface area contributed by atoms with Crippen LogP contribution >= 0.6 is 0 Å². The Morgan fingerprint density at radius 2 is 2.14 bits per heavy atom. The number of nitrogens with zero attached hydrogens (tertiary/aromatic N) is 1. The van der Waals surface area contributed by atoms with Crippen LogP contribution in [0.2, 0.25) is 0 Å². The highest BCUT2D eigenvalue weighted by atomic mass is 16.4. The first-order valence-corrected chi connectivity index (χ1v) is 1.85. The van der Waals surface area contributed by atoms with Crippen LogP contribution in [0.15, 0.2) is 4.99 Å². The number of carboxylic acids is 1. The Kier molecular flexibility index (Phi) is 2.05. The molecule has 0 rings (SSSR count). The Morgan fingerprint density at radius 3 is 2.14 bits per heavy atom. The molecule has 0 aliphatic heterocycles. The van der Waals surface area contributed by atoms with Gasteiger partial charge in [0.1, 0.15) is 5.71 Å². The average molecular weight is 101 g/mol. The molecule has 0 aliphatic rings. The lowest BCUT2D eigenvalue weighted by molar-refractivity contribution is -0.129. The largest absolute Gasteiger partial charge is 0.477 e. The van der Waals surface area contributed by atoms with E-state index in [-0.39, 0.29) is 5.71 Å². The Hall–Kier alpha value is -0.860. The van der Waals surface area contributed by atoms with E-state index in [4.69, 9.17) is 5.11 Å². The second-order valence-corrected chi connectivity index (χ2v) is 1.11. The van der Waals surface area contributed by atoms with Gasteiger partial charge < -0.3 is 5.11 Å². The fraction of sp³-hybridized carbons (Fsp3) is 0.500. The Morgan fingerprint density at radius 1 is 1.71 bits per heavy atom. The van der Waals surface area contributed by atoms with Gasteiger partial charge in [-0.15, -0.1) is 0 Å². The standard InChI is InChI=1S/C4H7NO2/c1-3(5-2)4(6)7/h1-2H3,(H,6,7)/b5-3-. The zero-order valence-corrected chi connectivity index (χ0v) is 4.30. The number of rotatable bonds is 1. The van der Waals surface area contributed by atoms with Gasteiger partial charge in [0.05, 0.1) is 0 Å². The first-order chi connectivity index (χ1) is 3.18. The molecule has 0 unspecified atom stereocenters. The van der Waals surface area contributed by atoms with Crippen molar-refractivity contribution in [2.24, 2.45) is 4.99 Å². The molecule has 0 aromatic heterocycles. The van der Waals surface area contributed by atoms with Gasteiger partial charge in [-0.05, 0) is 6.92 Å². The molecule has 0 bridgehead atoms. The van der Waals surface area contributed by atoms with Gasteiger partial charge in [-0.1, -0.05) is 0 Å². The fourth-order valence-corrected chi connectivity index (χ4v) is 0.0956. The van der Waals surface area contributed by atoms with Crippen molar-refractivity contribution in [2.75, 3.05) is 7.05 Å². The van der Waals surface area contributed by atoms with Crippen molar-refractivity contribution in [2.45, 2.75) is 6.92 Å². The van der Waals surface area contributed by atoms with Gasteiger partial charge in [0.25, 0.3) is 0 Å². The number of aliphatic carboxylic acids is 1. The maximum absolute atomic E-state index is 9.80. The van der Waals surface area contributed by atoms with Crippen LogP contribution in [-0.4, -0.2) is 23.8 Å². The zero-order valence-electron chi connectivity index (χ0n) is 4.30. The quantitative estimate of drug-likeness (QED) is 0.478. The van der Waals surface area contributed by atoms with Gasteiger partial charge in [0, 0.05) is 7.05 Å².